The number of hydrogen-bond acceptors (Lipinski definition) is 6. The number of hydrogen-bond donors (Lipinski definition) is 1. The van der Waals surface area contributed by atoms with E-state index in [0.717, 1.165) is 23.3 Å². The lowest BCUT2D eigenvalue weighted by atomic mass is 9.84. The highest BCUT2D eigenvalue weighted by Crippen LogP contribution is 2.39. The summed E-state index contributed by atoms with van der Waals surface area (Å²) in [5.74, 6) is 2.27. The zero-order valence-electron chi connectivity index (χ0n) is 18.1. The quantitative estimate of drug-likeness (QED) is 0.554. The van der Waals surface area contributed by atoms with Gasteiger partial charge in [-0.1, -0.05) is 18.2 Å². The van der Waals surface area contributed by atoms with Gasteiger partial charge in [-0.05, 0) is 59.0 Å². The SMILES string of the molecule is COCCOc1cc([C@@H]2N[C@H](c3cccnc3)Cc3cc(OC)ccc32)ccc1OC. The van der Waals surface area contributed by atoms with Crippen LogP contribution in [0.1, 0.15) is 34.3 Å². The van der Waals surface area contributed by atoms with Crippen molar-refractivity contribution in [2.75, 3.05) is 34.5 Å². The molecule has 0 saturated carbocycles. The minimum atomic E-state index is -0.00413. The van der Waals surface area contributed by atoms with Gasteiger partial charge in [0.1, 0.15) is 12.4 Å². The third-order valence-corrected chi connectivity index (χ3v) is 5.61. The van der Waals surface area contributed by atoms with E-state index in [0.29, 0.717) is 24.7 Å². The molecular formula is C25H28N2O4. The molecule has 0 amide bonds. The lowest BCUT2D eigenvalue weighted by molar-refractivity contribution is 0.144. The highest BCUT2D eigenvalue weighted by Gasteiger charge is 2.29. The van der Waals surface area contributed by atoms with Gasteiger partial charge in [-0.15, -0.1) is 0 Å². The molecule has 2 atom stereocenters. The molecule has 0 aliphatic carbocycles. The maximum absolute atomic E-state index is 5.93. The van der Waals surface area contributed by atoms with Gasteiger partial charge in [-0.25, -0.2) is 0 Å². The molecule has 1 aliphatic heterocycles. The fourth-order valence-electron chi connectivity index (χ4n) is 4.03. The van der Waals surface area contributed by atoms with E-state index in [1.165, 1.54) is 11.1 Å². The monoisotopic (exact) mass is 420 g/mol. The summed E-state index contributed by atoms with van der Waals surface area (Å²) in [7, 11) is 5.01. The lowest BCUT2D eigenvalue weighted by Gasteiger charge is -2.34. The number of aromatic nitrogens is 1. The summed E-state index contributed by atoms with van der Waals surface area (Å²) in [6.45, 7) is 0.973. The predicted molar refractivity (Wildman–Crippen MR) is 119 cm³/mol. The minimum Gasteiger partial charge on any atom is -0.497 e. The maximum Gasteiger partial charge on any atom is 0.161 e. The number of rotatable bonds is 8. The molecule has 0 radical (unpaired) electrons. The third kappa shape index (κ3) is 4.65. The zero-order chi connectivity index (χ0) is 21.6. The van der Waals surface area contributed by atoms with Crippen LogP contribution in [0.15, 0.2) is 60.9 Å². The molecule has 6 nitrogen and oxygen atoms in total. The molecule has 1 N–H and O–H groups in total. The van der Waals surface area contributed by atoms with Crippen LogP contribution in [0, 0.1) is 0 Å². The fourth-order valence-corrected chi connectivity index (χ4v) is 4.03. The Bertz CT molecular complexity index is 1010. The van der Waals surface area contributed by atoms with Crippen molar-refractivity contribution in [3.05, 3.63) is 83.2 Å². The first-order valence-electron chi connectivity index (χ1n) is 10.4. The van der Waals surface area contributed by atoms with E-state index in [-0.39, 0.29) is 12.1 Å². The van der Waals surface area contributed by atoms with Crippen LogP contribution in [0.5, 0.6) is 17.2 Å². The number of benzene rings is 2. The van der Waals surface area contributed by atoms with Crippen LogP contribution < -0.4 is 19.5 Å². The van der Waals surface area contributed by atoms with Crippen LogP contribution in [-0.4, -0.2) is 39.5 Å². The third-order valence-electron chi connectivity index (χ3n) is 5.61. The van der Waals surface area contributed by atoms with Gasteiger partial charge < -0.3 is 18.9 Å². The molecule has 6 heteroatoms. The maximum atomic E-state index is 5.93. The summed E-state index contributed by atoms with van der Waals surface area (Å²) in [6, 6.07) is 16.6. The van der Waals surface area contributed by atoms with Crippen molar-refractivity contribution in [3.63, 3.8) is 0 Å². The number of ether oxygens (including phenoxy) is 4. The van der Waals surface area contributed by atoms with Gasteiger partial charge >= 0.3 is 0 Å². The number of pyridine rings is 1. The molecule has 2 aromatic carbocycles. The zero-order valence-corrected chi connectivity index (χ0v) is 18.1. The first kappa shape index (κ1) is 21.2. The summed E-state index contributed by atoms with van der Waals surface area (Å²) < 4.78 is 22.0. The Morgan fingerprint density at radius 2 is 1.84 bits per heavy atom. The van der Waals surface area contributed by atoms with Crippen LogP contribution in [0.25, 0.3) is 0 Å². The van der Waals surface area contributed by atoms with Crippen molar-refractivity contribution in [3.8, 4) is 17.2 Å². The molecule has 0 spiro atoms. The van der Waals surface area contributed by atoms with Crippen molar-refractivity contribution in [1.29, 1.82) is 0 Å². The second-order valence-corrected chi connectivity index (χ2v) is 7.46. The Morgan fingerprint density at radius 1 is 0.935 bits per heavy atom. The average Bonchev–Trinajstić information content (AvgIpc) is 2.83. The normalized spacial score (nSPS) is 17.6. The summed E-state index contributed by atoms with van der Waals surface area (Å²) >= 11 is 0. The molecule has 0 unspecified atom stereocenters. The summed E-state index contributed by atoms with van der Waals surface area (Å²) in [5.41, 5.74) is 4.75. The van der Waals surface area contributed by atoms with Gasteiger partial charge in [0, 0.05) is 25.5 Å². The average molecular weight is 421 g/mol. The summed E-state index contributed by atoms with van der Waals surface area (Å²) in [4.78, 5) is 4.31. The molecule has 2 heterocycles. The van der Waals surface area contributed by atoms with E-state index >= 15 is 0 Å². The molecule has 162 valence electrons. The Kier molecular flexibility index (Phi) is 6.70. The van der Waals surface area contributed by atoms with Gasteiger partial charge in [0.25, 0.3) is 0 Å². The Balaban J connectivity index is 1.73. The minimum absolute atomic E-state index is 0.00413. The molecule has 31 heavy (non-hydrogen) atoms. The molecule has 1 aromatic heterocycles. The van der Waals surface area contributed by atoms with Crippen molar-refractivity contribution in [2.24, 2.45) is 0 Å². The van der Waals surface area contributed by atoms with Gasteiger partial charge in [-0.3, -0.25) is 10.3 Å². The number of methoxy groups -OCH3 is 3. The first-order valence-corrected chi connectivity index (χ1v) is 10.4. The Hall–Kier alpha value is -3.09. The van der Waals surface area contributed by atoms with Crippen LogP contribution in [0.4, 0.5) is 0 Å². The van der Waals surface area contributed by atoms with E-state index in [4.69, 9.17) is 18.9 Å². The largest absolute Gasteiger partial charge is 0.497 e. The van der Waals surface area contributed by atoms with Crippen LogP contribution >= 0.6 is 0 Å². The molecule has 1 aliphatic rings. The highest BCUT2D eigenvalue weighted by molar-refractivity contribution is 5.49. The smallest absolute Gasteiger partial charge is 0.161 e. The summed E-state index contributed by atoms with van der Waals surface area (Å²) in [6.07, 6.45) is 4.59. The van der Waals surface area contributed by atoms with E-state index in [9.17, 15) is 0 Å². The van der Waals surface area contributed by atoms with Gasteiger partial charge in [0.05, 0.1) is 26.9 Å². The lowest BCUT2D eigenvalue weighted by Crippen LogP contribution is -2.34. The Morgan fingerprint density at radius 3 is 2.58 bits per heavy atom. The van der Waals surface area contributed by atoms with Crippen LogP contribution in [0.3, 0.4) is 0 Å². The van der Waals surface area contributed by atoms with E-state index < -0.39 is 0 Å². The highest BCUT2D eigenvalue weighted by atomic mass is 16.5. The van der Waals surface area contributed by atoms with Gasteiger partial charge in [0.2, 0.25) is 0 Å². The summed E-state index contributed by atoms with van der Waals surface area (Å²) in [5, 5.41) is 3.81. The van der Waals surface area contributed by atoms with Crippen LogP contribution in [-0.2, 0) is 11.2 Å². The Labute approximate surface area is 183 Å². The van der Waals surface area contributed by atoms with E-state index in [2.05, 4.69) is 34.6 Å². The van der Waals surface area contributed by atoms with Crippen molar-refractivity contribution < 1.29 is 18.9 Å². The predicted octanol–water partition coefficient (Wildman–Crippen LogP) is 4.10. The molecule has 3 aromatic rings. The number of fused-ring (bicyclic) bond motifs is 1. The van der Waals surface area contributed by atoms with Crippen molar-refractivity contribution in [2.45, 2.75) is 18.5 Å². The molecule has 4 rings (SSSR count). The van der Waals surface area contributed by atoms with Crippen molar-refractivity contribution in [1.82, 2.24) is 10.3 Å². The van der Waals surface area contributed by atoms with Crippen molar-refractivity contribution >= 4 is 0 Å². The first-order chi connectivity index (χ1) is 15.2. The van der Waals surface area contributed by atoms with Gasteiger partial charge in [0.15, 0.2) is 11.5 Å². The standard InChI is InChI=1S/C25H28N2O4/c1-28-11-12-31-24-15-17(6-9-23(24)30-3)25-21-8-7-20(29-2)13-19(21)14-22(27-25)18-5-4-10-26-16-18/h4-10,13,15-16,22,25,27H,11-12,14H2,1-3H3/t22-,25-/m0/s1. The molecule has 0 saturated heterocycles. The topological polar surface area (TPSA) is 61.8 Å². The number of nitrogens with one attached hydrogen (secondary N) is 1. The fraction of sp³-hybridized carbons (Fsp3) is 0.320. The second-order valence-electron chi connectivity index (χ2n) is 7.46. The molecule has 0 bridgehead atoms. The van der Waals surface area contributed by atoms with Gasteiger partial charge in [-0.2, -0.15) is 0 Å². The van der Waals surface area contributed by atoms with E-state index in [1.54, 1.807) is 27.5 Å². The second kappa shape index (κ2) is 9.81. The molecular weight excluding hydrogens is 392 g/mol. The number of nitrogens with zero attached hydrogens (tertiary/aromatic N) is 1. The van der Waals surface area contributed by atoms with Crippen LogP contribution in [0.2, 0.25) is 0 Å². The molecule has 0 fully saturated rings. The van der Waals surface area contributed by atoms with E-state index in [1.807, 2.05) is 30.5 Å².